The summed E-state index contributed by atoms with van der Waals surface area (Å²) in [5, 5.41) is 2.37. The lowest BCUT2D eigenvalue weighted by molar-refractivity contribution is -0.142. The van der Waals surface area contributed by atoms with E-state index in [0.29, 0.717) is 5.56 Å². The van der Waals surface area contributed by atoms with Crippen LogP contribution < -0.4 is 5.32 Å². The number of benzene rings is 2. The van der Waals surface area contributed by atoms with Crippen molar-refractivity contribution in [2.45, 2.75) is 12.5 Å². The van der Waals surface area contributed by atoms with Gasteiger partial charge in [-0.1, -0.05) is 12.1 Å². The van der Waals surface area contributed by atoms with Gasteiger partial charge in [0.25, 0.3) is 5.91 Å². The van der Waals surface area contributed by atoms with E-state index in [4.69, 9.17) is 0 Å². The van der Waals surface area contributed by atoms with E-state index in [2.05, 4.69) is 10.1 Å². The van der Waals surface area contributed by atoms with Crippen LogP contribution in [0.5, 0.6) is 0 Å². The minimum Gasteiger partial charge on any atom is -0.467 e. The number of esters is 1. The van der Waals surface area contributed by atoms with Crippen LogP contribution in [0.15, 0.2) is 42.5 Å². The first-order valence-electron chi connectivity index (χ1n) is 6.99. The molecule has 4 nitrogen and oxygen atoms in total. The fourth-order valence-corrected chi connectivity index (χ4v) is 2.11. The van der Waals surface area contributed by atoms with Crippen LogP contribution in [0.1, 0.15) is 15.9 Å². The number of methoxy groups -OCH3 is 1. The lowest BCUT2D eigenvalue weighted by Gasteiger charge is -2.17. The van der Waals surface area contributed by atoms with Gasteiger partial charge in [-0.3, -0.25) is 4.79 Å². The minimum atomic E-state index is -1.18. The fraction of sp³-hybridized carbons (Fsp3) is 0.176. The van der Waals surface area contributed by atoms with Crippen LogP contribution in [0.4, 0.5) is 13.2 Å². The summed E-state index contributed by atoms with van der Waals surface area (Å²) < 4.78 is 44.0. The van der Waals surface area contributed by atoms with Crippen LogP contribution in [0.3, 0.4) is 0 Å². The summed E-state index contributed by atoms with van der Waals surface area (Å²) in [7, 11) is 1.14. The SMILES string of the molecule is COC(=O)[C@@H](Cc1cccc(F)c1)NC(=O)c1ccc(F)c(F)c1. The highest BCUT2D eigenvalue weighted by Crippen LogP contribution is 2.11. The van der Waals surface area contributed by atoms with Gasteiger partial charge in [-0.2, -0.15) is 0 Å². The smallest absolute Gasteiger partial charge is 0.328 e. The van der Waals surface area contributed by atoms with E-state index in [1.165, 1.54) is 18.2 Å². The molecule has 0 radical (unpaired) electrons. The van der Waals surface area contributed by atoms with Gasteiger partial charge < -0.3 is 10.1 Å². The van der Waals surface area contributed by atoms with Crippen molar-refractivity contribution in [3.8, 4) is 0 Å². The minimum absolute atomic E-state index is 0.0140. The molecule has 0 aliphatic carbocycles. The van der Waals surface area contributed by atoms with Gasteiger partial charge in [0.05, 0.1) is 7.11 Å². The molecule has 1 amide bonds. The largest absolute Gasteiger partial charge is 0.467 e. The van der Waals surface area contributed by atoms with Crippen molar-refractivity contribution >= 4 is 11.9 Å². The number of ether oxygens (including phenoxy) is 1. The van der Waals surface area contributed by atoms with Gasteiger partial charge >= 0.3 is 5.97 Å². The first-order valence-corrected chi connectivity index (χ1v) is 6.99. The molecule has 0 aromatic heterocycles. The number of halogens is 3. The monoisotopic (exact) mass is 337 g/mol. The first-order chi connectivity index (χ1) is 11.4. The van der Waals surface area contributed by atoms with Gasteiger partial charge in [0.2, 0.25) is 0 Å². The molecule has 0 heterocycles. The molecule has 0 fully saturated rings. The predicted molar refractivity (Wildman–Crippen MR) is 79.7 cm³/mol. The van der Waals surface area contributed by atoms with Crippen LogP contribution in [0.2, 0.25) is 0 Å². The highest BCUT2D eigenvalue weighted by molar-refractivity contribution is 5.96. The second-order valence-electron chi connectivity index (χ2n) is 5.01. The van der Waals surface area contributed by atoms with E-state index in [-0.39, 0.29) is 12.0 Å². The topological polar surface area (TPSA) is 55.4 Å². The van der Waals surface area contributed by atoms with Gasteiger partial charge in [0.1, 0.15) is 11.9 Å². The second-order valence-corrected chi connectivity index (χ2v) is 5.01. The molecule has 2 aromatic carbocycles. The average Bonchev–Trinajstić information content (AvgIpc) is 2.56. The number of hydrogen-bond acceptors (Lipinski definition) is 3. The van der Waals surface area contributed by atoms with Gasteiger partial charge in [-0.15, -0.1) is 0 Å². The highest BCUT2D eigenvalue weighted by Gasteiger charge is 2.23. The van der Waals surface area contributed by atoms with Crippen LogP contribution >= 0.6 is 0 Å². The van der Waals surface area contributed by atoms with E-state index < -0.39 is 35.4 Å². The van der Waals surface area contributed by atoms with Crippen molar-refractivity contribution in [2.24, 2.45) is 0 Å². The predicted octanol–water partition coefficient (Wildman–Crippen LogP) is 2.62. The number of amides is 1. The van der Waals surface area contributed by atoms with Crippen LogP contribution in [0.25, 0.3) is 0 Å². The molecule has 2 aromatic rings. The second kappa shape index (κ2) is 7.63. The Morgan fingerprint density at radius 3 is 2.46 bits per heavy atom. The summed E-state index contributed by atoms with van der Waals surface area (Å²) in [6, 6.07) is 7.04. The third-order valence-corrected chi connectivity index (χ3v) is 3.30. The standard InChI is InChI=1S/C17H14F3NO3/c1-24-17(23)15(8-10-3-2-4-12(18)7-10)21-16(22)11-5-6-13(19)14(20)9-11/h2-7,9,15H,8H2,1H3,(H,21,22)/t15-/m1/s1. The third kappa shape index (κ3) is 4.34. The molecule has 0 saturated heterocycles. The molecular weight excluding hydrogens is 323 g/mol. The summed E-state index contributed by atoms with van der Waals surface area (Å²) in [5.41, 5.74) is 0.318. The highest BCUT2D eigenvalue weighted by atomic mass is 19.2. The van der Waals surface area contributed by atoms with E-state index in [9.17, 15) is 22.8 Å². The van der Waals surface area contributed by atoms with E-state index >= 15 is 0 Å². The summed E-state index contributed by atoms with van der Waals surface area (Å²) in [6.07, 6.45) is -0.0140. The van der Waals surface area contributed by atoms with E-state index in [1.54, 1.807) is 6.07 Å². The first kappa shape index (κ1) is 17.5. The summed E-state index contributed by atoms with van der Waals surface area (Å²) in [6.45, 7) is 0. The Morgan fingerprint density at radius 2 is 1.83 bits per heavy atom. The molecule has 1 N–H and O–H groups in total. The maximum absolute atomic E-state index is 13.2. The third-order valence-electron chi connectivity index (χ3n) is 3.30. The number of carbonyl (C=O) groups is 2. The zero-order chi connectivity index (χ0) is 17.7. The van der Waals surface area contributed by atoms with Crippen molar-refractivity contribution in [3.63, 3.8) is 0 Å². The number of hydrogen-bond donors (Lipinski definition) is 1. The lowest BCUT2D eigenvalue weighted by atomic mass is 10.1. The Bertz CT molecular complexity index is 764. The Labute approximate surface area is 136 Å². The molecule has 2 rings (SSSR count). The molecule has 0 saturated carbocycles. The summed E-state index contributed by atoms with van der Waals surface area (Å²) >= 11 is 0. The molecular formula is C17H14F3NO3. The molecule has 1 atom stereocenters. The maximum Gasteiger partial charge on any atom is 0.328 e. The average molecular weight is 337 g/mol. The van der Waals surface area contributed by atoms with Crippen LogP contribution in [-0.4, -0.2) is 25.0 Å². The normalized spacial score (nSPS) is 11.7. The van der Waals surface area contributed by atoms with Gasteiger partial charge in [0, 0.05) is 12.0 Å². The lowest BCUT2D eigenvalue weighted by Crippen LogP contribution is -2.43. The van der Waals surface area contributed by atoms with Crippen molar-refractivity contribution < 1.29 is 27.5 Å². The molecule has 0 bridgehead atoms. The summed E-state index contributed by atoms with van der Waals surface area (Å²) in [4.78, 5) is 23.9. The molecule has 0 aliphatic heterocycles. The zero-order valence-electron chi connectivity index (χ0n) is 12.7. The van der Waals surface area contributed by atoms with E-state index in [1.807, 2.05) is 0 Å². The quantitative estimate of drug-likeness (QED) is 0.854. The number of nitrogens with one attached hydrogen (secondary N) is 1. The van der Waals surface area contributed by atoms with Crippen molar-refractivity contribution in [1.82, 2.24) is 5.32 Å². The van der Waals surface area contributed by atoms with Crippen molar-refractivity contribution in [3.05, 3.63) is 71.0 Å². The van der Waals surface area contributed by atoms with Gasteiger partial charge in [-0.25, -0.2) is 18.0 Å². The molecule has 24 heavy (non-hydrogen) atoms. The van der Waals surface area contributed by atoms with Crippen molar-refractivity contribution in [2.75, 3.05) is 7.11 Å². The molecule has 0 aliphatic rings. The molecule has 0 spiro atoms. The fourth-order valence-electron chi connectivity index (χ4n) is 2.11. The van der Waals surface area contributed by atoms with Crippen LogP contribution in [0, 0.1) is 17.5 Å². The zero-order valence-corrected chi connectivity index (χ0v) is 12.7. The number of rotatable bonds is 5. The van der Waals surface area contributed by atoms with Crippen molar-refractivity contribution in [1.29, 1.82) is 0 Å². The van der Waals surface area contributed by atoms with Gasteiger partial charge in [-0.05, 0) is 35.9 Å². The summed E-state index contributed by atoms with van der Waals surface area (Å²) in [5.74, 6) is -4.27. The van der Waals surface area contributed by atoms with Gasteiger partial charge in [0.15, 0.2) is 11.6 Å². The van der Waals surface area contributed by atoms with E-state index in [0.717, 1.165) is 25.3 Å². The molecule has 0 unspecified atom stereocenters. The molecule has 126 valence electrons. The van der Waals surface area contributed by atoms with Crippen LogP contribution in [-0.2, 0) is 16.0 Å². The molecule has 7 heteroatoms. The Morgan fingerprint density at radius 1 is 1.08 bits per heavy atom. The Hall–Kier alpha value is -2.83. The Kier molecular flexibility index (Phi) is 5.57. The number of carbonyl (C=O) groups excluding carboxylic acids is 2. The Balaban J connectivity index is 2.17. The maximum atomic E-state index is 13.2.